The summed E-state index contributed by atoms with van der Waals surface area (Å²) in [5, 5.41) is 16.9. The van der Waals surface area contributed by atoms with Gasteiger partial charge in [0.25, 0.3) is 0 Å². The number of hydrogen-bond acceptors (Lipinski definition) is 4. The maximum Gasteiger partial charge on any atom is 0.169 e. The largest absolute Gasteiger partial charge is 0.353 e. The van der Waals surface area contributed by atoms with Crippen LogP contribution in [0.3, 0.4) is 0 Å². The summed E-state index contributed by atoms with van der Waals surface area (Å²) in [6, 6.07) is 3.87. The van der Waals surface area contributed by atoms with Crippen LogP contribution >= 0.6 is 0 Å². The van der Waals surface area contributed by atoms with E-state index in [1.54, 1.807) is 12.3 Å². The predicted octanol–water partition coefficient (Wildman–Crippen LogP) is 1.58. The summed E-state index contributed by atoms with van der Waals surface area (Å²) in [6.07, 6.45) is 2.69. The normalized spacial score (nSPS) is 18.9. The van der Waals surface area contributed by atoms with E-state index in [-0.39, 0.29) is 0 Å². The Morgan fingerprint density at radius 3 is 2.93 bits per heavy atom. The smallest absolute Gasteiger partial charge is 0.169 e. The van der Waals surface area contributed by atoms with Crippen LogP contribution in [0.1, 0.15) is 25.8 Å². The topological polar surface area (TPSA) is 52.8 Å². The first kappa shape index (κ1) is 9.91. The maximum atomic E-state index is 8.96. The molecular formula is C11H14N4. The van der Waals surface area contributed by atoms with Gasteiger partial charge in [-0.15, -0.1) is 5.10 Å². The highest BCUT2D eigenvalue weighted by molar-refractivity contribution is 5.53. The lowest BCUT2D eigenvalue weighted by atomic mass is 9.93. The standard InChI is InChI=1S/C11H14N4/c1-11(2)4-6-15(8-11)10-9(7-12)3-5-13-14-10/h3,5H,4,6,8H2,1-2H3. The van der Waals surface area contributed by atoms with Crippen LogP contribution < -0.4 is 4.90 Å². The van der Waals surface area contributed by atoms with Gasteiger partial charge in [-0.2, -0.15) is 10.4 Å². The Balaban J connectivity index is 2.28. The van der Waals surface area contributed by atoms with Crippen molar-refractivity contribution in [3.8, 4) is 6.07 Å². The van der Waals surface area contributed by atoms with E-state index in [1.165, 1.54) is 0 Å². The number of rotatable bonds is 1. The summed E-state index contributed by atoms with van der Waals surface area (Å²) in [4.78, 5) is 2.14. The van der Waals surface area contributed by atoms with Crippen molar-refractivity contribution in [1.82, 2.24) is 10.2 Å². The molecule has 1 aliphatic rings. The second-order valence-electron chi connectivity index (χ2n) is 4.72. The third-order valence-electron chi connectivity index (χ3n) is 2.80. The summed E-state index contributed by atoms with van der Waals surface area (Å²) >= 11 is 0. The molecule has 0 bridgehead atoms. The fourth-order valence-electron chi connectivity index (χ4n) is 1.94. The molecule has 2 rings (SSSR count). The lowest BCUT2D eigenvalue weighted by Gasteiger charge is -2.20. The third-order valence-corrected chi connectivity index (χ3v) is 2.80. The molecule has 1 fully saturated rings. The Morgan fingerprint density at radius 1 is 1.53 bits per heavy atom. The van der Waals surface area contributed by atoms with Crippen molar-refractivity contribution in [2.45, 2.75) is 20.3 Å². The fraction of sp³-hybridized carbons (Fsp3) is 0.545. The highest BCUT2D eigenvalue weighted by Crippen LogP contribution is 2.32. The van der Waals surface area contributed by atoms with Crippen molar-refractivity contribution in [1.29, 1.82) is 5.26 Å². The zero-order chi connectivity index (χ0) is 10.9. The Labute approximate surface area is 89.5 Å². The van der Waals surface area contributed by atoms with Crippen LogP contribution in [0.2, 0.25) is 0 Å². The molecule has 4 heteroatoms. The highest BCUT2D eigenvalue weighted by Gasteiger charge is 2.31. The van der Waals surface area contributed by atoms with Gasteiger partial charge in [-0.05, 0) is 17.9 Å². The molecule has 2 heterocycles. The van der Waals surface area contributed by atoms with Crippen molar-refractivity contribution in [3.63, 3.8) is 0 Å². The molecule has 0 radical (unpaired) electrons. The van der Waals surface area contributed by atoms with E-state index >= 15 is 0 Å². The minimum absolute atomic E-state index is 0.310. The SMILES string of the molecule is CC1(C)CCN(c2nnccc2C#N)C1. The number of nitriles is 1. The van der Waals surface area contributed by atoms with E-state index < -0.39 is 0 Å². The minimum Gasteiger partial charge on any atom is -0.353 e. The molecule has 1 aromatic heterocycles. The van der Waals surface area contributed by atoms with E-state index in [2.05, 4.69) is 35.0 Å². The number of anilines is 1. The molecule has 15 heavy (non-hydrogen) atoms. The summed E-state index contributed by atoms with van der Waals surface area (Å²) in [6.45, 7) is 6.37. The molecule has 1 saturated heterocycles. The van der Waals surface area contributed by atoms with Gasteiger partial charge in [0.2, 0.25) is 0 Å². The van der Waals surface area contributed by atoms with Gasteiger partial charge >= 0.3 is 0 Å². The average molecular weight is 202 g/mol. The van der Waals surface area contributed by atoms with Gasteiger partial charge in [-0.3, -0.25) is 0 Å². The van der Waals surface area contributed by atoms with E-state index in [0.717, 1.165) is 25.3 Å². The minimum atomic E-state index is 0.310. The molecule has 0 spiro atoms. The first-order valence-electron chi connectivity index (χ1n) is 5.09. The third kappa shape index (κ3) is 1.91. The van der Waals surface area contributed by atoms with Gasteiger partial charge in [0.05, 0.1) is 11.8 Å². The lowest BCUT2D eigenvalue weighted by molar-refractivity contribution is 0.418. The van der Waals surface area contributed by atoms with Crippen LogP contribution in [-0.4, -0.2) is 23.3 Å². The van der Waals surface area contributed by atoms with Crippen LogP contribution in [0.4, 0.5) is 5.82 Å². The van der Waals surface area contributed by atoms with Crippen molar-refractivity contribution in [2.24, 2.45) is 5.41 Å². The van der Waals surface area contributed by atoms with Gasteiger partial charge in [0.15, 0.2) is 5.82 Å². The van der Waals surface area contributed by atoms with Crippen LogP contribution in [0.25, 0.3) is 0 Å². The molecule has 1 aliphatic heterocycles. The summed E-state index contributed by atoms with van der Waals surface area (Å²) in [5.74, 6) is 0.727. The molecule has 0 N–H and O–H groups in total. The van der Waals surface area contributed by atoms with E-state index in [4.69, 9.17) is 5.26 Å². The first-order chi connectivity index (χ1) is 7.12. The molecule has 0 aromatic carbocycles. The number of hydrogen-bond donors (Lipinski definition) is 0. The highest BCUT2D eigenvalue weighted by atomic mass is 15.3. The number of nitrogens with zero attached hydrogens (tertiary/aromatic N) is 4. The first-order valence-corrected chi connectivity index (χ1v) is 5.09. The van der Waals surface area contributed by atoms with E-state index in [1.807, 2.05) is 0 Å². The summed E-state index contributed by atoms with van der Waals surface area (Å²) in [7, 11) is 0. The van der Waals surface area contributed by atoms with Crippen molar-refractivity contribution < 1.29 is 0 Å². The van der Waals surface area contributed by atoms with Gasteiger partial charge < -0.3 is 4.90 Å². The second kappa shape index (κ2) is 3.50. The van der Waals surface area contributed by atoms with E-state index in [9.17, 15) is 0 Å². The molecule has 1 aromatic rings. The summed E-state index contributed by atoms with van der Waals surface area (Å²) in [5.41, 5.74) is 0.923. The van der Waals surface area contributed by atoms with Crippen molar-refractivity contribution >= 4 is 5.82 Å². The maximum absolute atomic E-state index is 8.96. The van der Waals surface area contributed by atoms with Gasteiger partial charge in [-0.25, -0.2) is 0 Å². The van der Waals surface area contributed by atoms with E-state index in [0.29, 0.717) is 11.0 Å². The quantitative estimate of drug-likeness (QED) is 0.693. The van der Waals surface area contributed by atoms with Crippen molar-refractivity contribution in [3.05, 3.63) is 17.8 Å². The Kier molecular flexibility index (Phi) is 2.31. The predicted molar refractivity (Wildman–Crippen MR) is 57.4 cm³/mol. The molecule has 4 nitrogen and oxygen atoms in total. The fourth-order valence-corrected chi connectivity index (χ4v) is 1.94. The van der Waals surface area contributed by atoms with Crippen molar-refractivity contribution in [2.75, 3.05) is 18.0 Å². The molecule has 0 aliphatic carbocycles. The average Bonchev–Trinajstić information content (AvgIpc) is 2.59. The van der Waals surface area contributed by atoms with Gasteiger partial charge in [0, 0.05) is 13.1 Å². The Hall–Kier alpha value is -1.63. The zero-order valence-corrected chi connectivity index (χ0v) is 9.06. The molecule has 0 amide bonds. The molecule has 0 saturated carbocycles. The second-order valence-corrected chi connectivity index (χ2v) is 4.72. The molecule has 0 unspecified atom stereocenters. The van der Waals surface area contributed by atoms with Crippen LogP contribution in [0, 0.1) is 16.7 Å². The Bertz CT molecular complexity index is 405. The molecule has 0 atom stereocenters. The lowest BCUT2D eigenvalue weighted by Crippen LogP contribution is -2.24. The van der Waals surface area contributed by atoms with Gasteiger partial charge in [0.1, 0.15) is 6.07 Å². The van der Waals surface area contributed by atoms with Crippen LogP contribution in [0.5, 0.6) is 0 Å². The van der Waals surface area contributed by atoms with Gasteiger partial charge in [-0.1, -0.05) is 13.8 Å². The van der Waals surface area contributed by atoms with Crippen LogP contribution in [-0.2, 0) is 0 Å². The monoisotopic (exact) mass is 202 g/mol. The number of aromatic nitrogens is 2. The summed E-state index contributed by atoms with van der Waals surface area (Å²) < 4.78 is 0. The Morgan fingerprint density at radius 2 is 2.33 bits per heavy atom. The molecule has 78 valence electrons. The zero-order valence-electron chi connectivity index (χ0n) is 9.06. The van der Waals surface area contributed by atoms with Crippen LogP contribution in [0.15, 0.2) is 12.3 Å². The molecular weight excluding hydrogens is 188 g/mol.